The number of hydrogen-bond donors (Lipinski definition) is 0. The van der Waals surface area contributed by atoms with Gasteiger partial charge in [0.1, 0.15) is 6.54 Å². The van der Waals surface area contributed by atoms with Crippen LogP contribution in [0.4, 0.5) is 18.9 Å². The standard InChI is InChI=1S/C20H18F3N5O3S/c21-20(22,23)15-6-4-5-14(11-15)19-24-26-27(25-19)12-18(29)28(16-7-2-1-3-8-16)17-9-10-32(30,31)13-17/h1-8,11,17H,9-10,12-13H2/t17-/m0/s1. The molecule has 0 radical (unpaired) electrons. The van der Waals surface area contributed by atoms with Gasteiger partial charge in [-0.25, -0.2) is 8.42 Å². The number of tetrazole rings is 1. The van der Waals surface area contributed by atoms with Gasteiger partial charge in [-0.3, -0.25) is 4.79 Å². The molecule has 2 heterocycles. The van der Waals surface area contributed by atoms with Crippen LogP contribution >= 0.6 is 0 Å². The Morgan fingerprint density at radius 1 is 1.12 bits per heavy atom. The molecule has 3 aromatic rings. The van der Waals surface area contributed by atoms with E-state index in [1.54, 1.807) is 30.3 Å². The van der Waals surface area contributed by atoms with Gasteiger partial charge in [-0.1, -0.05) is 30.3 Å². The summed E-state index contributed by atoms with van der Waals surface area (Å²) in [7, 11) is -3.24. The molecule has 0 saturated carbocycles. The van der Waals surface area contributed by atoms with E-state index in [9.17, 15) is 26.4 Å². The lowest BCUT2D eigenvalue weighted by atomic mass is 10.1. The largest absolute Gasteiger partial charge is 0.416 e. The summed E-state index contributed by atoms with van der Waals surface area (Å²) < 4.78 is 62.8. The second-order valence-electron chi connectivity index (χ2n) is 7.38. The van der Waals surface area contributed by atoms with Crippen LogP contribution in [0.5, 0.6) is 0 Å². The van der Waals surface area contributed by atoms with Crippen LogP contribution < -0.4 is 4.90 Å². The highest BCUT2D eigenvalue weighted by atomic mass is 32.2. The Morgan fingerprint density at radius 3 is 2.53 bits per heavy atom. The molecule has 0 bridgehead atoms. The summed E-state index contributed by atoms with van der Waals surface area (Å²) in [5.41, 5.74) is -0.196. The molecule has 1 amide bonds. The van der Waals surface area contributed by atoms with Crippen molar-refractivity contribution >= 4 is 21.4 Å². The van der Waals surface area contributed by atoms with E-state index in [0.29, 0.717) is 12.1 Å². The molecule has 0 N–H and O–H groups in total. The first kappa shape index (κ1) is 21.9. The Kier molecular flexibility index (Phi) is 5.71. The summed E-state index contributed by atoms with van der Waals surface area (Å²) >= 11 is 0. The van der Waals surface area contributed by atoms with Crippen molar-refractivity contribution in [3.8, 4) is 11.4 Å². The zero-order chi connectivity index (χ0) is 22.9. The zero-order valence-electron chi connectivity index (χ0n) is 16.6. The Hall–Kier alpha value is -3.28. The van der Waals surface area contributed by atoms with E-state index in [4.69, 9.17) is 0 Å². The highest BCUT2D eigenvalue weighted by Crippen LogP contribution is 2.31. The zero-order valence-corrected chi connectivity index (χ0v) is 17.4. The van der Waals surface area contributed by atoms with E-state index >= 15 is 0 Å². The molecule has 8 nitrogen and oxygen atoms in total. The summed E-state index contributed by atoms with van der Waals surface area (Å²) in [6.07, 6.45) is -4.21. The molecule has 1 aromatic heterocycles. The molecule has 32 heavy (non-hydrogen) atoms. The third-order valence-corrected chi connectivity index (χ3v) is 6.80. The molecule has 0 aliphatic carbocycles. The van der Waals surface area contributed by atoms with Gasteiger partial charge < -0.3 is 4.90 Å². The van der Waals surface area contributed by atoms with Crippen molar-refractivity contribution in [2.24, 2.45) is 0 Å². The Labute approximate surface area is 181 Å². The van der Waals surface area contributed by atoms with Crippen LogP contribution in [0.3, 0.4) is 0 Å². The fourth-order valence-corrected chi connectivity index (χ4v) is 5.28. The quantitative estimate of drug-likeness (QED) is 0.575. The number of hydrogen-bond acceptors (Lipinski definition) is 6. The van der Waals surface area contributed by atoms with Crippen LogP contribution in [0.2, 0.25) is 0 Å². The summed E-state index contributed by atoms with van der Waals surface area (Å²) in [5, 5.41) is 11.6. The number of carbonyl (C=O) groups excluding carboxylic acids is 1. The third kappa shape index (κ3) is 4.79. The average molecular weight is 465 g/mol. The molecule has 1 saturated heterocycles. The second-order valence-corrected chi connectivity index (χ2v) is 9.61. The number of aromatic nitrogens is 4. The molecule has 12 heteroatoms. The summed E-state index contributed by atoms with van der Waals surface area (Å²) in [4.78, 5) is 15.5. The van der Waals surface area contributed by atoms with Crippen molar-refractivity contribution in [2.75, 3.05) is 16.4 Å². The molecule has 4 rings (SSSR count). The number of carbonyl (C=O) groups is 1. The van der Waals surface area contributed by atoms with E-state index in [0.717, 1.165) is 16.9 Å². The number of alkyl halides is 3. The van der Waals surface area contributed by atoms with Crippen molar-refractivity contribution in [3.05, 3.63) is 60.2 Å². The van der Waals surface area contributed by atoms with E-state index < -0.39 is 33.5 Å². The lowest BCUT2D eigenvalue weighted by Crippen LogP contribution is -2.43. The van der Waals surface area contributed by atoms with Gasteiger partial charge in [0.15, 0.2) is 9.84 Å². The van der Waals surface area contributed by atoms with E-state index in [2.05, 4.69) is 15.4 Å². The Bertz CT molecular complexity index is 1230. The number of rotatable bonds is 5. The second kappa shape index (κ2) is 8.34. The number of anilines is 1. The number of para-hydroxylation sites is 1. The Balaban J connectivity index is 1.57. The average Bonchev–Trinajstić information content (AvgIpc) is 3.35. The minimum Gasteiger partial charge on any atom is -0.307 e. The van der Waals surface area contributed by atoms with E-state index in [1.165, 1.54) is 17.0 Å². The number of amides is 1. The summed E-state index contributed by atoms with van der Waals surface area (Å²) in [6, 6.07) is 12.6. The molecule has 2 aromatic carbocycles. The van der Waals surface area contributed by atoms with Crippen LogP contribution in [-0.4, -0.2) is 52.1 Å². The van der Waals surface area contributed by atoms with Gasteiger partial charge >= 0.3 is 6.18 Å². The molecule has 0 unspecified atom stereocenters. The Morgan fingerprint density at radius 2 is 1.88 bits per heavy atom. The maximum Gasteiger partial charge on any atom is 0.416 e. The number of halogens is 3. The first-order valence-corrected chi connectivity index (χ1v) is 11.5. The van der Waals surface area contributed by atoms with Crippen LogP contribution in [0, 0.1) is 0 Å². The van der Waals surface area contributed by atoms with Crippen LogP contribution in [0.1, 0.15) is 12.0 Å². The van der Waals surface area contributed by atoms with Gasteiger partial charge in [-0.15, -0.1) is 10.2 Å². The SMILES string of the molecule is O=C(Cn1nnc(-c2cccc(C(F)(F)F)c2)n1)N(c1ccccc1)[C@H]1CCS(=O)(=O)C1. The molecule has 1 aliphatic rings. The fourth-order valence-electron chi connectivity index (χ4n) is 3.58. The van der Waals surface area contributed by atoms with Crippen LogP contribution in [0.15, 0.2) is 54.6 Å². The number of benzene rings is 2. The molecule has 1 atom stereocenters. The minimum absolute atomic E-state index is 0.00441. The first-order chi connectivity index (χ1) is 15.1. The van der Waals surface area contributed by atoms with Crippen molar-refractivity contribution in [2.45, 2.75) is 25.2 Å². The highest BCUT2D eigenvalue weighted by Gasteiger charge is 2.36. The molecule has 1 aliphatic heterocycles. The molecule has 0 spiro atoms. The molecular weight excluding hydrogens is 447 g/mol. The van der Waals surface area contributed by atoms with E-state index in [-0.39, 0.29) is 29.4 Å². The van der Waals surface area contributed by atoms with Crippen LogP contribution in [-0.2, 0) is 27.4 Å². The summed E-state index contributed by atoms with van der Waals surface area (Å²) in [5.74, 6) is -0.659. The third-order valence-electron chi connectivity index (χ3n) is 5.05. The maximum atomic E-state index is 13.1. The highest BCUT2D eigenvalue weighted by molar-refractivity contribution is 7.91. The smallest absolute Gasteiger partial charge is 0.307 e. The monoisotopic (exact) mass is 465 g/mol. The molecular formula is C20H18F3N5O3S. The lowest BCUT2D eigenvalue weighted by Gasteiger charge is -2.28. The lowest BCUT2D eigenvalue weighted by molar-refractivity contribution is -0.137. The predicted molar refractivity (Wildman–Crippen MR) is 109 cm³/mol. The number of nitrogens with zero attached hydrogens (tertiary/aromatic N) is 5. The summed E-state index contributed by atoms with van der Waals surface area (Å²) in [6.45, 7) is -0.350. The number of sulfone groups is 1. The predicted octanol–water partition coefficient (Wildman–Crippen LogP) is 2.58. The fraction of sp³-hybridized carbons (Fsp3) is 0.300. The van der Waals surface area contributed by atoms with Crippen LogP contribution in [0.25, 0.3) is 11.4 Å². The van der Waals surface area contributed by atoms with Crippen molar-refractivity contribution < 1.29 is 26.4 Å². The van der Waals surface area contributed by atoms with Crippen molar-refractivity contribution in [3.63, 3.8) is 0 Å². The maximum absolute atomic E-state index is 13.1. The van der Waals surface area contributed by atoms with Gasteiger partial charge in [-0.2, -0.15) is 18.0 Å². The van der Waals surface area contributed by atoms with Gasteiger partial charge in [0.2, 0.25) is 5.82 Å². The van der Waals surface area contributed by atoms with Gasteiger partial charge in [0, 0.05) is 11.3 Å². The molecule has 1 fully saturated rings. The molecule has 168 valence electrons. The first-order valence-electron chi connectivity index (χ1n) is 9.65. The van der Waals surface area contributed by atoms with Gasteiger partial charge in [-0.05, 0) is 35.9 Å². The van der Waals surface area contributed by atoms with Gasteiger partial charge in [0.25, 0.3) is 5.91 Å². The topological polar surface area (TPSA) is 98.1 Å². The van der Waals surface area contributed by atoms with Gasteiger partial charge in [0.05, 0.1) is 23.1 Å². The minimum atomic E-state index is -4.51. The van der Waals surface area contributed by atoms with Crippen molar-refractivity contribution in [1.29, 1.82) is 0 Å². The van der Waals surface area contributed by atoms with Crippen molar-refractivity contribution in [1.82, 2.24) is 20.2 Å². The normalized spacial score (nSPS) is 17.9. The van der Waals surface area contributed by atoms with E-state index in [1.807, 2.05) is 0 Å².